The second-order valence-corrected chi connectivity index (χ2v) is 5.34. The molecule has 23 heavy (non-hydrogen) atoms. The number of nitrogens with zero attached hydrogens (tertiary/aromatic N) is 2. The van der Waals surface area contributed by atoms with Crippen molar-refractivity contribution in [2.75, 3.05) is 6.54 Å². The van der Waals surface area contributed by atoms with Crippen molar-refractivity contribution in [2.45, 2.75) is 5.92 Å². The third kappa shape index (κ3) is 3.83. The molecule has 3 nitrogen and oxygen atoms in total. The normalized spacial score (nSPS) is 11.6. The first-order valence-corrected chi connectivity index (χ1v) is 7.65. The molecule has 0 aliphatic heterocycles. The summed E-state index contributed by atoms with van der Waals surface area (Å²) in [7, 11) is 0. The van der Waals surface area contributed by atoms with Gasteiger partial charge in [-0.25, -0.2) is 0 Å². The van der Waals surface area contributed by atoms with E-state index in [4.69, 9.17) is 5.73 Å². The molecular weight excluding hydrogens is 282 g/mol. The van der Waals surface area contributed by atoms with Gasteiger partial charge in [-0.3, -0.25) is 9.98 Å². The molecule has 1 heterocycles. The zero-order valence-electron chi connectivity index (χ0n) is 12.8. The average Bonchev–Trinajstić information content (AvgIpc) is 2.64. The van der Waals surface area contributed by atoms with Crippen LogP contribution in [0.2, 0.25) is 0 Å². The highest BCUT2D eigenvalue weighted by molar-refractivity contribution is 5.97. The number of benzene rings is 2. The minimum atomic E-state index is 0.188. The van der Waals surface area contributed by atoms with Gasteiger partial charge in [0.25, 0.3) is 0 Å². The lowest BCUT2D eigenvalue weighted by Gasteiger charge is -2.16. The molecule has 1 aromatic heterocycles. The number of aromatic nitrogens is 1. The SMILES string of the molecule is NC(=NCC(c1ccccc1)c1ccccc1)c1cccnc1. The van der Waals surface area contributed by atoms with Crippen LogP contribution >= 0.6 is 0 Å². The third-order valence-corrected chi connectivity index (χ3v) is 3.81. The molecule has 2 aromatic carbocycles. The Labute approximate surface area is 136 Å². The fraction of sp³-hybridized carbons (Fsp3) is 0.100. The maximum absolute atomic E-state index is 6.11. The molecule has 0 saturated heterocycles. The van der Waals surface area contributed by atoms with E-state index in [0.717, 1.165) is 5.56 Å². The molecule has 3 rings (SSSR count). The summed E-state index contributed by atoms with van der Waals surface area (Å²) in [6, 6.07) is 24.6. The van der Waals surface area contributed by atoms with Gasteiger partial charge in [-0.05, 0) is 23.3 Å². The van der Waals surface area contributed by atoms with Gasteiger partial charge in [-0.15, -0.1) is 0 Å². The van der Waals surface area contributed by atoms with E-state index in [-0.39, 0.29) is 5.92 Å². The van der Waals surface area contributed by atoms with Crippen molar-refractivity contribution in [3.63, 3.8) is 0 Å². The van der Waals surface area contributed by atoms with Crippen molar-refractivity contribution in [2.24, 2.45) is 10.7 Å². The van der Waals surface area contributed by atoms with E-state index in [0.29, 0.717) is 12.4 Å². The Morgan fingerprint density at radius 3 is 2.00 bits per heavy atom. The third-order valence-electron chi connectivity index (χ3n) is 3.81. The largest absolute Gasteiger partial charge is 0.383 e. The van der Waals surface area contributed by atoms with E-state index in [1.54, 1.807) is 12.4 Å². The number of aliphatic imine (C=N–C) groups is 1. The molecule has 0 spiro atoms. The molecule has 0 atom stereocenters. The van der Waals surface area contributed by atoms with Crippen LogP contribution in [-0.4, -0.2) is 17.4 Å². The summed E-state index contributed by atoms with van der Waals surface area (Å²) < 4.78 is 0. The number of rotatable bonds is 5. The van der Waals surface area contributed by atoms with Crippen molar-refractivity contribution < 1.29 is 0 Å². The second kappa shape index (κ2) is 7.36. The first-order valence-electron chi connectivity index (χ1n) is 7.65. The fourth-order valence-electron chi connectivity index (χ4n) is 2.57. The Morgan fingerprint density at radius 1 is 0.870 bits per heavy atom. The van der Waals surface area contributed by atoms with Gasteiger partial charge in [0.1, 0.15) is 5.84 Å². The van der Waals surface area contributed by atoms with Crippen LogP contribution in [0.4, 0.5) is 0 Å². The molecule has 0 saturated carbocycles. The van der Waals surface area contributed by atoms with E-state index < -0.39 is 0 Å². The lowest BCUT2D eigenvalue weighted by molar-refractivity contribution is 0.819. The standard InChI is InChI=1S/C20H19N3/c21-20(18-12-7-13-22-14-18)23-15-19(16-8-3-1-4-9-16)17-10-5-2-6-11-17/h1-14,19H,15H2,(H2,21,23). The van der Waals surface area contributed by atoms with Crippen molar-refractivity contribution in [1.82, 2.24) is 4.98 Å². The first kappa shape index (κ1) is 15.0. The Hall–Kier alpha value is -2.94. The Morgan fingerprint density at radius 2 is 1.48 bits per heavy atom. The van der Waals surface area contributed by atoms with E-state index in [2.05, 4.69) is 58.5 Å². The smallest absolute Gasteiger partial charge is 0.127 e. The molecule has 2 N–H and O–H groups in total. The van der Waals surface area contributed by atoms with Gasteiger partial charge in [0.15, 0.2) is 0 Å². The predicted molar refractivity (Wildman–Crippen MR) is 94.6 cm³/mol. The molecule has 0 aliphatic rings. The summed E-state index contributed by atoms with van der Waals surface area (Å²) in [5.41, 5.74) is 9.44. The van der Waals surface area contributed by atoms with Crippen LogP contribution in [0, 0.1) is 0 Å². The molecule has 0 amide bonds. The summed E-state index contributed by atoms with van der Waals surface area (Å²) in [6.07, 6.45) is 3.46. The van der Waals surface area contributed by atoms with Crippen molar-refractivity contribution in [3.8, 4) is 0 Å². The minimum Gasteiger partial charge on any atom is -0.383 e. The number of hydrogen-bond acceptors (Lipinski definition) is 2. The lowest BCUT2D eigenvalue weighted by Crippen LogP contribution is -2.16. The highest BCUT2D eigenvalue weighted by Crippen LogP contribution is 2.24. The summed E-state index contributed by atoms with van der Waals surface area (Å²) in [5.74, 6) is 0.711. The van der Waals surface area contributed by atoms with Crippen LogP contribution < -0.4 is 5.73 Å². The molecule has 114 valence electrons. The van der Waals surface area contributed by atoms with Crippen LogP contribution in [0.1, 0.15) is 22.6 Å². The van der Waals surface area contributed by atoms with Gasteiger partial charge in [-0.2, -0.15) is 0 Å². The molecule has 0 aliphatic carbocycles. The predicted octanol–water partition coefficient (Wildman–Crippen LogP) is 3.62. The van der Waals surface area contributed by atoms with Crippen molar-refractivity contribution >= 4 is 5.84 Å². The van der Waals surface area contributed by atoms with Crippen molar-refractivity contribution in [3.05, 3.63) is 102 Å². The minimum absolute atomic E-state index is 0.188. The second-order valence-electron chi connectivity index (χ2n) is 5.34. The molecule has 0 radical (unpaired) electrons. The first-order chi connectivity index (χ1) is 11.3. The van der Waals surface area contributed by atoms with E-state index in [1.165, 1.54) is 11.1 Å². The topological polar surface area (TPSA) is 51.3 Å². The van der Waals surface area contributed by atoms with E-state index in [9.17, 15) is 0 Å². The van der Waals surface area contributed by atoms with E-state index >= 15 is 0 Å². The Bertz CT molecular complexity index is 713. The number of nitrogens with two attached hydrogens (primary N) is 1. The number of pyridine rings is 1. The van der Waals surface area contributed by atoms with Gasteiger partial charge in [-0.1, -0.05) is 60.7 Å². The number of amidine groups is 1. The monoisotopic (exact) mass is 301 g/mol. The molecule has 3 heteroatoms. The van der Waals surface area contributed by atoms with Gasteiger partial charge in [0, 0.05) is 23.9 Å². The van der Waals surface area contributed by atoms with Gasteiger partial charge >= 0.3 is 0 Å². The van der Waals surface area contributed by atoms with E-state index in [1.807, 2.05) is 24.3 Å². The Balaban J connectivity index is 1.88. The van der Waals surface area contributed by atoms with Crippen LogP contribution in [-0.2, 0) is 0 Å². The van der Waals surface area contributed by atoms with Crippen LogP contribution in [0.3, 0.4) is 0 Å². The fourth-order valence-corrected chi connectivity index (χ4v) is 2.57. The molecule has 3 aromatic rings. The maximum atomic E-state index is 6.11. The molecule has 0 bridgehead atoms. The summed E-state index contributed by atoms with van der Waals surface area (Å²) in [5, 5.41) is 0. The molecular formula is C20H19N3. The number of hydrogen-bond donors (Lipinski definition) is 1. The summed E-state index contributed by atoms with van der Waals surface area (Å²) in [6.45, 7) is 0.606. The highest BCUT2D eigenvalue weighted by Gasteiger charge is 2.13. The molecule has 0 fully saturated rings. The molecule has 0 unspecified atom stereocenters. The highest BCUT2D eigenvalue weighted by atomic mass is 14.9. The lowest BCUT2D eigenvalue weighted by atomic mass is 9.91. The quantitative estimate of drug-likeness (QED) is 0.578. The van der Waals surface area contributed by atoms with Gasteiger partial charge < -0.3 is 5.73 Å². The van der Waals surface area contributed by atoms with Crippen LogP contribution in [0.5, 0.6) is 0 Å². The summed E-state index contributed by atoms with van der Waals surface area (Å²) >= 11 is 0. The maximum Gasteiger partial charge on any atom is 0.127 e. The average molecular weight is 301 g/mol. The van der Waals surface area contributed by atoms with Crippen LogP contribution in [0.25, 0.3) is 0 Å². The zero-order chi connectivity index (χ0) is 15.9. The zero-order valence-corrected chi connectivity index (χ0v) is 12.8. The van der Waals surface area contributed by atoms with Gasteiger partial charge in [0.2, 0.25) is 0 Å². The Kier molecular flexibility index (Phi) is 4.79. The summed E-state index contributed by atoms with van der Waals surface area (Å²) in [4.78, 5) is 8.69. The van der Waals surface area contributed by atoms with Crippen LogP contribution in [0.15, 0.2) is 90.2 Å². The van der Waals surface area contributed by atoms with Crippen molar-refractivity contribution in [1.29, 1.82) is 0 Å². The van der Waals surface area contributed by atoms with Gasteiger partial charge in [0.05, 0.1) is 6.54 Å².